The van der Waals surface area contributed by atoms with Crippen molar-refractivity contribution >= 4 is 0 Å². The Hall–Kier alpha value is -1.53. The lowest BCUT2D eigenvalue weighted by atomic mass is 9.44. The monoisotopic (exact) mass is 452 g/mol. The Kier molecular flexibility index (Phi) is 6.17. The summed E-state index contributed by atoms with van der Waals surface area (Å²) in [6, 6.07) is 5.59. The summed E-state index contributed by atoms with van der Waals surface area (Å²) < 4.78 is 38.0. The van der Waals surface area contributed by atoms with Crippen LogP contribution in [0.1, 0.15) is 75.3 Å². The van der Waals surface area contributed by atoms with Crippen molar-refractivity contribution in [3.63, 3.8) is 0 Å². The van der Waals surface area contributed by atoms with Crippen LogP contribution in [-0.4, -0.2) is 33.7 Å². The predicted octanol–water partition coefficient (Wildman–Crippen LogP) is 5.88. The molecule has 178 valence electrons. The van der Waals surface area contributed by atoms with Gasteiger partial charge in [0, 0.05) is 0 Å². The van der Waals surface area contributed by atoms with E-state index >= 15 is 0 Å². The molecule has 0 saturated heterocycles. The fourth-order valence-corrected chi connectivity index (χ4v) is 7.60. The average Bonchev–Trinajstić information content (AvgIpc) is 3.04. The number of hydrogen-bond donors (Lipinski definition) is 3. The molecule has 7 atom stereocenters. The number of fused-ring (bicyclic) bond motifs is 5. The summed E-state index contributed by atoms with van der Waals surface area (Å²) in [5.74, 6) is 0.955. The highest BCUT2D eigenvalue weighted by atomic mass is 19.4. The van der Waals surface area contributed by atoms with Crippen molar-refractivity contribution in [3.8, 4) is 5.75 Å². The van der Waals surface area contributed by atoms with Crippen LogP contribution in [0.3, 0.4) is 0 Å². The molecule has 6 heteroatoms. The molecular weight excluding hydrogens is 417 g/mol. The van der Waals surface area contributed by atoms with Crippen molar-refractivity contribution in [1.29, 1.82) is 0 Å². The minimum atomic E-state index is -4.57. The van der Waals surface area contributed by atoms with Gasteiger partial charge in [0.2, 0.25) is 0 Å². The van der Waals surface area contributed by atoms with Gasteiger partial charge in [0.1, 0.15) is 11.9 Å². The number of aliphatic hydroxyl groups is 2. The second-order valence-electron chi connectivity index (χ2n) is 10.6. The van der Waals surface area contributed by atoms with E-state index < -0.39 is 12.3 Å². The van der Waals surface area contributed by atoms with E-state index in [1.807, 2.05) is 12.1 Å². The highest BCUT2D eigenvalue weighted by Gasteiger charge is 2.63. The Morgan fingerprint density at radius 1 is 1.25 bits per heavy atom. The predicted molar refractivity (Wildman–Crippen MR) is 117 cm³/mol. The Balaban J connectivity index is 1.63. The summed E-state index contributed by atoms with van der Waals surface area (Å²) in [6.45, 7) is 6.44. The second kappa shape index (κ2) is 8.35. The van der Waals surface area contributed by atoms with Gasteiger partial charge in [-0.25, -0.2) is 0 Å². The summed E-state index contributed by atoms with van der Waals surface area (Å²) in [7, 11) is 0. The van der Waals surface area contributed by atoms with Crippen LogP contribution >= 0.6 is 0 Å². The van der Waals surface area contributed by atoms with Crippen molar-refractivity contribution in [2.75, 3.05) is 0 Å². The molecule has 3 N–H and O–H groups in total. The van der Waals surface area contributed by atoms with E-state index in [0.29, 0.717) is 18.8 Å². The Bertz CT molecular complexity index is 853. The topological polar surface area (TPSA) is 60.7 Å². The van der Waals surface area contributed by atoms with Gasteiger partial charge in [-0.1, -0.05) is 31.9 Å². The molecule has 1 aromatic carbocycles. The highest BCUT2D eigenvalue weighted by molar-refractivity contribution is 5.43. The smallest absolute Gasteiger partial charge is 0.414 e. The third kappa shape index (κ3) is 3.77. The zero-order valence-electron chi connectivity index (χ0n) is 18.7. The Morgan fingerprint density at radius 3 is 2.69 bits per heavy atom. The van der Waals surface area contributed by atoms with Crippen LogP contribution in [0.4, 0.5) is 13.2 Å². The van der Waals surface area contributed by atoms with Crippen molar-refractivity contribution in [1.82, 2.24) is 0 Å². The number of phenols is 1. The Morgan fingerprint density at radius 2 is 2.00 bits per heavy atom. The van der Waals surface area contributed by atoms with E-state index in [2.05, 4.69) is 19.6 Å². The van der Waals surface area contributed by atoms with Gasteiger partial charge in [-0.3, -0.25) is 0 Å². The summed E-state index contributed by atoms with van der Waals surface area (Å²) in [5.41, 5.74) is 1.98. The third-order valence-electron chi connectivity index (χ3n) is 9.04. The van der Waals surface area contributed by atoms with Crippen molar-refractivity contribution in [2.45, 2.75) is 89.0 Å². The number of aliphatic hydroxyl groups excluding tert-OH is 2. The number of allylic oxidation sites excluding steroid dienone is 1. The van der Waals surface area contributed by atoms with E-state index in [0.717, 1.165) is 44.1 Å². The molecule has 2 fully saturated rings. The maximum absolute atomic E-state index is 12.7. The largest absolute Gasteiger partial charge is 0.508 e. The van der Waals surface area contributed by atoms with Gasteiger partial charge < -0.3 is 15.3 Å². The van der Waals surface area contributed by atoms with Gasteiger partial charge in [0.25, 0.3) is 0 Å². The number of alkyl halides is 3. The summed E-state index contributed by atoms with van der Waals surface area (Å²) in [5, 5.41) is 30.3. The first-order valence-electron chi connectivity index (χ1n) is 11.9. The number of unbranched alkanes of at least 4 members (excludes halogenated alkanes) is 1. The zero-order chi connectivity index (χ0) is 23.3. The number of aromatic hydroxyl groups is 1. The number of aryl methyl sites for hydroxylation is 1. The van der Waals surface area contributed by atoms with Gasteiger partial charge in [0.05, 0.1) is 6.10 Å². The van der Waals surface area contributed by atoms with Crippen LogP contribution < -0.4 is 0 Å². The van der Waals surface area contributed by atoms with Crippen LogP contribution in [-0.2, 0) is 6.42 Å². The quantitative estimate of drug-likeness (QED) is 0.373. The molecule has 4 rings (SSSR count). The first kappa shape index (κ1) is 23.6. The first-order valence-corrected chi connectivity index (χ1v) is 11.9. The highest BCUT2D eigenvalue weighted by Crippen LogP contribution is 2.69. The normalized spacial score (nSPS) is 37.3. The molecule has 2 saturated carbocycles. The summed E-state index contributed by atoms with van der Waals surface area (Å²) >= 11 is 0. The van der Waals surface area contributed by atoms with Crippen LogP contribution in [0.25, 0.3) is 0 Å². The summed E-state index contributed by atoms with van der Waals surface area (Å²) in [6.07, 6.45) is 0.612. The molecule has 3 aliphatic rings. The maximum Gasteiger partial charge on any atom is 0.414 e. The SMILES string of the molecule is C=C[C@@]12CCc3cc(O)ccc3C1[C@@H](CCCC[C@@H](O)C(F)(F)F)C[C@@]1(C)C2CC[C@@H]1O. The van der Waals surface area contributed by atoms with E-state index in [4.69, 9.17) is 0 Å². The number of phenolic OH excluding ortho intramolecular Hbond substituents is 1. The molecular formula is C26H35F3O3. The van der Waals surface area contributed by atoms with Gasteiger partial charge in [-0.15, -0.1) is 6.58 Å². The molecule has 1 aromatic rings. The minimum absolute atomic E-state index is 0.162. The zero-order valence-corrected chi connectivity index (χ0v) is 18.7. The van der Waals surface area contributed by atoms with Gasteiger partial charge in [0.15, 0.2) is 0 Å². The molecule has 3 aliphatic carbocycles. The van der Waals surface area contributed by atoms with Crippen LogP contribution in [0.2, 0.25) is 0 Å². The Labute approximate surface area is 188 Å². The van der Waals surface area contributed by atoms with Crippen molar-refractivity contribution in [2.24, 2.45) is 22.7 Å². The molecule has 0 heterocycles. The van der Waals surface area contributed by atoms with Gasteiger partial charge in [-0.2, -0.15) is 13.2 Å². The van der Waals surface area contributed by atoms with Crippen LogP contribution in [0.15, 0.2) is 30.9 Å². The molecule has 0 aliphatic heterocycles. The van der Waals surface area contributed by atoms with Gasteiger partial charge in [-0.05, 0) is 96.8 Å². The lowest BCUT2D eigenvalue weighted by molar-refractivity contribution is -0.205. The van der Waals surface area contributed by atoms with E-state index in [9.17, 15) is 28.5 Å². The number of benzene rings is 1. The molecule has 0 bridgehead atoms. The molecule has 0 aromatic heterocycles. The van der Waals surface area contributed by atoms with E-state index in [1.54, 1.807) is 6.07 Å². The molecule has 0 amide bonds. The maximum atomic E-state index is 12.7. The van der Waals surface area contributed by atoms with Crippen LogP contribution in [0, 0.1) is 22.7 Å². The minimum Gasteiger partial charge on any atom is -0.508 e. The standard InChI is InChI=1S/C26H35F3O3/c1-3-25-13-12-16-14-18(30)8-9-19(16)23(25)17(6-4-5-7-22(32)26(27,28)29)15-24(2)20(25)10-11-21(24)31/h3,8-9,14,17,20-23,30-32H,1,4-7,10-13,15H2,2H3/t17-,20?,21-,22+,23?,24-,25-/m0/s1. The lowest BCUT2D eigenvalue weighted by Gasteiger charge is -2.60. The van der Waals surface area contributed by atoms with Crippen molar-refractivity contribution in [3.05, 3.63) is 42.0 Å². The average molecular weight is 453 g/mol. The molecule has 2 unspecified atom stereocenters. The fraction of sp³-hybridized carbons (Fsp3) is 0.692. The number of rotatable bonds is 6. The lowest BCUT2D eigenvalue weighted by Crippen LogP contribution is -2.54. The fourth-order valence-electron chi connectivity index (χ4n) is 7.60. The third-order valence-corrected chi connectivity index (χ3v) is 9.04. The number of halogens is 3. The molecule has 0 radical (unpaired) electrons. The summed E-state index contributed by atoms with van der Waals surface area (Å²) in [4.78, 5) is 0. The van der Waals surface area contributed by atoms with Crippen LogP contribution in [0.5, 0.6) is 5.75 Å². The molecule has 3 nitrogen and oxygen atoms in total. The van der Waals surface area contributed by atoms with Gasteiger partial charge >= 0.3 is 6.18 Å². The van der Waals surface area contributed by atoms with E-state index in [1.165, 1.54) is 5.56 Å². The molecule has 32 heavy (non-hydrogen) atoms. The first-order chi connectivity index (χ1) is 15.0. The molecule has 0 spiro atoms. The van der Waals surface area contributed by atoms with Crippen molar-refractivity contribution < 1.29 is 28.5 Å². The van der Waals surface area contributed by atoms with E-state index in [-0.39, 0.29) is 40.9 Å². The second-order valence-corrected chi connectivity index (χ2v) is 10.6. The number of hydrogen-bond acceptors (Lipinski definition) is 3.